The third kappa shape index (κ3) is 3.36. The van der Waals surface area contributed by atoms with Crippen LogP contribution < -0.4 is 0 Å². The van der Waals surface area contributed by atoms with Crippen LogP contribution in [0.25, 0.3) is 0 Å². The molecule has 0 heterocycles. The van der Waals surface area contributed by atoms with E-state index in [0.717, 1.165) is 12.8 Å². The average Bonchev–Trinajstić information content (AvgIpc) is 2.35. The highest BCUT2D eigenvalue weighted by molar-refractivity contribution is 5.82. The molecule has 110 valence electrons. The van der Waals surface area contributed by atoms with E-state index in [1.807, 2.05) is 13.8 Å². The summed E-state index contributed by atoms with van der Waals surface area (Å²) in [6, 6.07) is 0. The van der Waals surface area contributed by atoms with Gasteiger partial charge in [-0.25, -0.2) is 4.89 Å². The summed E-state index contributed by atoms with van der Waals surface area (Å²) in [5.41, 5.74) is -0.553. The number of carbonyl (C=O) groups excluding carboxylic acids is 1. The van der Waals surface area contributed by atoms with Crippen LogP contribution in [0, 0.1) is 17.8 Å². The Balaban J connectivity index is 2.08. The van der Waals surface area contributed by atoms with Gasteiger partial charge in [0.25, 0.3) is 0 Å². The summed E-state index contributed by atoms with van der Waals surface area (Å²) in [7, 11) is 0. The summed E-state index contributed by atoms with van der Waals surface area (Å²) in [5.74, 6) is 1.47. The topological polar surface area (TPSA) is 55.8 Å². The number of carbonyl (C=O) groups is 1. The van der Waals surface area contributed by atoms with Crippen molar-refractivity contribution in [2.45, 2.75) is 64.6 Å². The molecular formula is C15H26O4. The van der Waals surface area contributed by atoms with Gasteiger partial charge in [-0.2, -0.15) is 0 Å². The Morgan fingerprint density at radius 2 is 1.89 bits per heavy atom. The average molecular weight is 270 g/mol. The van der Waals surface area contributed by atoms with Crippen molar-refractivity contribution in [2.75, 3.05) is 6.61 Å². The first-order chi connectivity index (χ1) is 8.94. The second-order valence-electron chi connectivity index (χ2n) is 6.76. The molecule has 4 unspecified atom stereocenters. The van der Waals surface area contributed by atoms with Gasteiger partial charge in [-0.3, -0.25) is 10.1 Å². The lowest BCUT2D eigenvalue weighted by atomic mass is 9.64. The molecule has 2 saturated carbocycles. The Hall–Kier alpha value is -0.450. The van der Waals surface area contributed by atoms with Crippen LogP contribution in [0.3, 0.4) is 0 Å². The van der Waals surface area contributed by atoms with Gasteiger partial charge in [-0.15, -0.1) is 0 Å². The van der Waals surface area contributed by atoms with E-state index in [2.05, 4.69) is 11.8 Å². The lowest BCUT2D eigenvalue weighted by Gasteiger charge is -2.46. The minimum Gasteiger partial charge on any atom is -0.369 e. The molecule has 0 aliphatic heterocycles. The minimum atomic E-state index is -0.553. The lowest BCUT2D eigenvalue weighted by molar-refractivity contribution is -0.282. The zero-order valence-corrected chi connectivity index (χ0v) is 12.2. The summed E-state index contributed by atoms with van der Waals surface area (Å²) >= 11 is 0. The van der Waals surface area contributed by atoms with Crippen LogP contribution in [-0.2, 0) is 14.4 Å². The van der Waals surface area contributed by atoms with Gasteiger partial charge in [0.15, 0.2) is 0 Å². The number of ether oxygens (including phenoxy) is 1. The van der Waals surface area contributed by atoms with Crippen LogP contribution in [0.5, 0.6) is 0 Å². The number of fused-ring (bicyclic) bond motifs is 1. The van der Waals surface area contributed by atoms with Gasteiger partial charge in [-0.1, -0.05) is 19.8 Å². The van der Waals surface area contributed by atoms with Crippen molar-refractivity contribution in [3.8, 4) is 0 Å². The molecule has 4 atom stereocenters. The molecule has 19 heavy (non-hydrogen) atoms. The number of hydrogen-bond donors (Lipinski definition) is 1. The molecule has 2 rings (SSSR count). The minimum absolute atomic E-state index is 0.0147. The Morgan fingerprint density at radius 3 is 2.53 bits per heavy atom. The van der Waals surface area contributed by atoms with Gasteiger partial charge < -0.3 is 4.74 Å². The van der Waals surface area contributed by atoms with Crippen LogP contribution in [-0.4, -0.2) is 29.4 Å². The van der Waals surface area contributed by atoms with Crippen molar-refractivity contribution in [1.29, 1.82) is 0 Å². The molecule has 0 saturated heterocycles. The maximum atomic E-state index is 12.1. The maximum absolute atomic E-state index is 12.1. The van der Waals surface area contributed by atoms with Gasteiger partial charge in [-0.05, 0) is 38.5 Å². The molecule has 2 fully saturated rings. The van der Waals surface area contributed by atoms with Crippen LogP contribution in [0.15, 0.2) is 0 Å². The SMILES string of the molecule is CC1C(=O)CC(OC(C)(C)COO)C2CCCCC12. The highest BCUT2D eigenvalue weighted by Gasteiger charge is 2.44. The highest BCUT2D eigenvalue weighted by atomic mass is 17.1. The zero-order valence-electron chi connectivity index (χ0n) is 12.2. The van der Waals surface area contributed by atoms with Crippen LogP contribution in [0.2, 0.25) is 0 Å². The van der Waals surface area contributed by atoms with E-state index in [0.29, 0.717) is 24.0 Å². The van der Waals surface area contributed by atoms with E-state index in [1.54, 1.807) is 0 Å². The fourth-order valence-electron chi connectivity index (χ4n) is 3.77. The molecule has 1 N–H and O–H groups in total. The van der Waals surface area contributed by atoms with Crippen molar-refractivity contribution in [1.82, 2.24) is 0 Å². The molecule has 2 aliphatic rings. The second kappa shape index (κ2) is 5.90. The molecule has 0 aromatic heterocycles. The Labute approximate surface area is 115 Å². The molecule has 0 aromatic rings. The number of ketones is 1. The van der Waals surface area contributed by atoms with Gasteiger partial charge in [0.2, 0.25) is 0 Å². The van der Waals surface area contributed by atoms with E-state index < -0.39 is 5.60 Å². The van der Waals surface area contributed by atoms with Gasteiger partial charge >= 0.3 is 0 Å². The zero-order chi connectivity index (χ0) is 14.0. The standard InChI is InChI=1S/C15H26O4/c1-10-11-6-4-5-7-12(11)14(8-13(10)16)19-15(2,3)9-18-17/h10-12,14,17H,4-9H2,1-3H3. The van der Waals surface area contributed by atoms with Crippen LogP contribution in [0.4, 0.5) is 0 Å². The number of hydrogen-bond acceptors (Lipinski definition) is 4. The molecule has 0 radical (unpaired) electrons. The van der Waals surface area contributed by atoms with E-state index >= 15 is 0 Å². The van der Waals surface area contributed by atoms with Crippen molar-refractivity contribution >= 4 is 5.78 Å². The van der Waals surface area contributed by atoms with E-state index in [1.165, 1.54) is 12.8 Å². The summed E-state index contributed by atoms with van der Waals surface area (Å²) in [6.07, 6.45) is 5.27. The van der Waals surface area contributed by atoms with Crippen molar-refractivity contribution < 1.29 is 19.7 Å². The number of rotatable bonds is 4. The van der Waals surface area contributed by atoms with Crippen LogP contribution in [0.1, 0.15) is 52.9 Å². The van der Waals surface area contributed by atoms with Gasteiger partial charge in [0, 0.05) is 12.3 Å². The first kappa shape index (κ1) is 14.9. The normalized spacial score (nSPS) is 36.1. The molecule has 0 spiro atoms. The molecular weight excluding hydrogens is 244 g/mol. The Bertz CT molecular complexity index is 326. The smallest absolute Gasteiger partial charge is 0.138 e. The van der Waals surface area contributed by atoms with E-state index in [9.17, 15) is 4.79 Å². The summed E-state index contributed by atoms with van der Waals surface area (Å²) < 4.78 is 6.10. The third-order valence-electron chi connectivity index (χ3n) is 4.79. The molecule has 0 aromatic carbocycles. The Morgan fingerprint density at radius 1 is 1.26 bits per heavy atom. The summed E-state index contributed by atoms with van der Waals surface area (Å²) in [4.78, 5) is 16.4. The van der Waals surface area contributed by atoms with Crippen molar-refractivity contribution in [3.63, 3.8) is 0 Å². The van der Waals surface area contributed by atoms with E-state index in [4.69, 9.17) is 9.99 Å². The molecule has 2 aliphatic carbocycles. The summed E-state index contributed by atoms with van der Waals surface area (Å²) in [6.45, 7) is 5.99. The highest BCUT2D eigenvalue weighted by Crippen LogP contribution is 2.44. The predicted molar refractivity (Wildman–Crippen MR) is 71.8 cm³/mol. The fraction of sp³-hybridized carbons (Fsp3) is 0.933. The molecule has 4 nitrogen and oxygen atoms in total. The largest absolute Gasteiger partial charge is 0.369 e. The quantitative estimate of drug-likeness (QED) is 0.630. The van der Waals surface area contributed by atoms with Gasteiger partial charge in [0.1, 0.15) is 12.4 Å². The third-order valence-corrected chi connectivity index (χ3v) is 4.79. The van der Waals surface area contributed by atoms with Crippen molar-refractivity contribution in [2.24, 2.45) is 17.8 Å². The van der Waals surface area contributed by atoms with Crippen LogP contribution >= 0.6 is 0 Å². The van der Waals surface area contributed by atoms with E-state index in [-0.39, 0.29) is 18.6 Å². The second-order valence-corrected chi connectivity index (χ2v) is 6.76. The first-order valence-corrected chi connectivity index (χ1v) is 7.41. The fourth-order valence-corrected chi connectivity index (χ4v) is 3.77. The number of Topliss-reactive ketones (excluding diaryl/α,β-unsaturated/α-hetero) is 1. The summed E-state index contributed by atoms with van der Waals surface area (Å²) in [5, 5.41) is 8.61. The monoisotopic (exact) mass is 270 g/mol. The molecule has 4 heteroatoms. The first-order valence-electron chi connectivity index (χ1n) is 7.41. The predicted octanol–water partition coefficient (Wildman–Crippen LogP) is 3.06. The molecule has 0 bridgehead atoms. The Kier molecular flexibility index (Phi) is 4.64. The lowest BCUT2D eigenvalue weighted by Crippen LogP contribution is -2.48. The van der Waals surface area contributed by atoms with Gasteiger partial charge in [0.05, 0.1) is 11.7 Å². The maximum Gasteiger partial charge on any atom is 0.138 e. The van der Waals surface area contributed by atoms with Crippen molar-refractivity contribution in [3.05, 3.63) is 0 Å². The molecule has 0 amide bonds.